The van der Waals surface area contributed by atoms with E-state index in [2.05, 4.69) is 17.6 Å². The molecule has 0 aromatic heterocycles. The van der Waals surface area contributed by atoms with E-state index in [4.69, 9.17) is 23.2 Å². The van der Waals surface area contributed by atoms with Crippen LogP contribution in [0.5, 0.6) is 0 Å². The smallest absolute Gasteiger partial charge is 0.227 e. The molecule has 0 spiro atoms. The highest BCUT2D eigenvalue weighted by Gasteiger charge is 2.25. The van der Waals surface area contributed by atoms with Gasteiger partial charge in [0.1, 0.15) is 0 Å². The summed E-state index contributed by atoms with van der Waals surface area (Å²) in [6, 6.07) is 5.56. The van der Waals surface area contributed by atoms with Crippen LogP contribution in [0.3, 0.4) is 0 Å². The van der Waals surface area contributed by atoms with Gasteiger partial charge in [-0.1, -0.05) is 29.3 Å². The minimum Gasteiger partial charge on any atom is -0.323 e. The lowest BCUT2D eigenvalue weighted by Crippen LogP contribution is -2.40. The summed E-state index contributed by atoms with van der Waals surface area (Å²) in [6.07, 6.45) is 1.69. The molecule has 2 N–H and O–H groups in total. The Morgan fingerprint density at radius 3 is 2.67 bits per heavy atom. The lowest BCUT2D eigenvalue weighted by atomic mass is 9.92. The van der Waals surface area contributed by atoms with E-state index in [9.17, 15) is 4.79 Å². The molecule has 0 saturated carbocycles. The first-order valence-corrected chi connectivity index (χ1v) is 6.82. The van der Waals surface area contributed by atoms with E-state index in [-0.39, 0.29) is 11.8 Å². The first kappa shape index (κ1) is 13.7. The molecule has 2 rings (SSSR count). The predicted octanol–water partition coefficient (Wildman–Crippen LogP) is 3.32. The zero-order valence-corrected chi connectivity index (χ0v) is 11.7. The van der Waals surface area contributed by atoms with Crippen molar-refractivity contribution in [1.82, 2.24) is 5.32 Å². The maximum atomic E-state index is 12.2. The van der Waals surface area contributed by atoms with Gasteiger partial charge in [0.2, 0.25) is 5.91 Å². The molecule has 5 heteroatoms. The predicted molar refractivity (Wildman–Crippen MR) is 75.3 cm³/mol. The van der Waals surface area contributed by atoms with Crippen molar-refractivity contribution >= 4 is 34.8 Å². The summed E-state index contributed by atoms with van der Waals surface area (Å²) in [4.78, 5) is 12.2. The number of piperidine rings is 1. The fraction of sp³-hybridized carbons (Fsp3) is 0.462. The molecule has 1 aromatic rings. The second kappa shape index (κ2) is 5.91. The van der Waals surface area contributed by atoms with E-state index in [1.54, 1.807) is 18.2 Å². The molecular formula is C13H16Cl2N2O. The average Bonchev–Trinajstić information content (AvgIpc) is 2.34. The van der Waals surface area contributed by atoms with Gasteiger partial charge in [0.05, 0.1) is 15.7 Å². The number of hydrogen-bond acceptors (Lipinski definition) is 2. The van der Waals surface area contributed by atoms with Crippen molar-refractivity contribution in [2.45, 2.75) is 25.8 Å². The number of halogens is 2. The molecule has 18 heavy (non-hydrogen) atoms. The lowest BCUT2D eigenvalue weighted by molar-refractivity contribution is -0.120. The number of nitrogens with one attached hydrogen (secondary N) is 2. The SMILES string of the molecule is CC1CC(C(=O)Nc2c(Cl)cccc2Cl)CCN1. The monoisotopic (exact) mass is 286 g/mol. The van der Waals surface area contributed by atoms with Crippen molar-refractivity contribution in [3.8, 4) is 0 Å². The second-order valence-electron chi connectivity index (χ2n) is 4.66. The zero-order valence-electron chi connectivity index (χ0n) is 10.2. The highest BCUT2D eigenvalue weighted by molar-refractivity contribution is 6.39. The van der Waals surface area contributed by atoms with Crippen LogP contribution in [0.2, 0.25) is 10.0 Å². The maximum Gasteiger partial charge on any atom is 0.227 e. The van der Waals surface area contributed by atoms with Gasteiger partial charge in [-0.15, -0.1) is 0 Å². The van der Waals surface area contributed by atoms with Crippen LogP contribution in [0.25, 0.3) is 0 Å². The highest BCUT2D eigenvalue weighted by Crippen LogP contribution is 2.31. The fourth-order valence-corrected chi connectivity index (χ4v) is 2.70. The summed E-state index contributed by atoms with van der Waals surface area (Å²) in [5, 5.41) is 7.10. The van der Waals surface area contributed by atoms with Crippen LogP contribution in [0, 0.1) is 5.92 Å². The molecule has 2 unspecified atom stereocenters. The molecule has 0 radical (unpaired) electrons. The van der Waals surface area contributed by atoms with E-state index in [0.717, 1.165) is 19.4 Å². The zero-order chi connectivity index (χ0) is 13.1. The molecule has 1 amide bonds. The van der Waals surface area contributed by atoms with Gasteiger partial charge in [0.25, 0.3) is 0 Å². The lowest BCUT2D eigenvalue weighted by Gasteiger charge is -2.27. The molecule has 2 atom stereocenters. The fourth-order valence-electron chi connectivity index (χ4n) is 2.21. The van der Waals surface area contributed by atoms with Crippen LogP contribution in [0.4, 0.5) is 5.69 Å². The minimum absolute atomic E-state index is 0.00153. The Kier molecular flexibility index (Phi) is 4.49. The third kappa shape index (κ3) is 3.16. The molecule has 0 aliphatic carbocycles. The Morgan fingerprint density at radius 2 is 2.06 bits per heavy atom. The molecule has 1 aliphatic rings. The number of hydrogen-bond donors (Lipinski definition) is 2. The molecule has 1 aromatic carbocycles. The largest absolute Gasteiger partial charge is 0.323 e. The number of benzene rings is 1. The summed E-state index contributed by atoms with van der Waals surface area (Å²) >= 11 is 12.1. The van der Waals surface area contributed by atoms with Gasteiger partial charge in [0, 0.05) is 12.0 Å². The van der Waals surface area contributed by atoms with Crippen LogP contribution < -0.4 is 10.6 Å². The van der Waals surface area contributed by atoms with Crippen LogP contribution in [0.15, 0.2) is 18.2 Å². The van der Waals surface area contributed by atoms with Gasteiger partial charge in [-0.05, 0) is 38.4 Å². The normalized spacial score (nSPS) is 23.7. The summed E-state index contributed by atoms with van der Waals surface area (Å²) in [7, 11) is 0. The molecule has 0 bridgehead atoms. The van der Waals surface area contributed by atoms with Crippen molar-refractivity contribution in [3.63, 3.8) is 0 Å². The minimum atomic E-state index is -0.00153. The number of amides is 1. The number of carbonyl (C=O) groups excluding carboxylic acids is 1. The molecule has 1 heterocycles. The molecular weight excluding hydrogens is 271 g/mol. The van der Waals surface area contributed by atoms with Crippen LogP contribution in [-0.4, -0.2) is 18.5 Å². The van der Waals surface area contributed by atoms with Gasteiger partial charge in [-0.3, -0.25) is 4.79 Å². The Hall–Kier alpha value is -0.770. The molecule has 3 nitrogen and oxygen atoms in total. The van der Waals surface area contributed by atoms with E-state index in [1.807, 2.05) is 0 Å². The van der Waals surface area contributed by atoms with Crippen molar-refractivity contribution in [3.05, 3.63) is 28.2 Å². The van der Waals surface area contributed by atoms with Crippen LogP contribution >= 0.6 is 23.2 Å². The molecule has 1 fully saturated rings. The average molecular weight is 287 g/mol. The third-order valence-corrected chi connectivity index (χ3v) is 3.84. The van der Waals surface area contributed by atoms with Gasteiger partial charge >= 0.3 is 0 Å². The maximum absolute atomic E-state index is 12.2. The second-order valence-corrected chi connectivity index (χ2v) is 5.48. The van der Waals surface area contributed by atoms with E-state index in [0.29, 0.717) is 21.8 Å². The summed E-state index contributed by atoms with van der Waals surface area (Å²) < 4.78 is 0. The van der Waals surface area contributed by atoms with E-state index < -0.39 is 0 Å². The summed E-state index contributed by atoms with van der Waals surface area (Å²) in [6.45, 7) is 2.96. The van der Waals surface area contributed by atoms with Crippen molar-refractivity contribution in [1.29, 1.82) is 0 Å². The van der Waals surface area contributed by atoms with Crippen molar-refractivity contribution in [2.24, 2.45) is 5.92 Å². The summed E-state index contributed by atoms with van der Waals surface area (Å²) in [5.74, 6) is 0.0203. The number of para-hydroxylation sites is 1. The van der Waals surface area contributed by atoms with Gasteiger partial charge in [-0.25, -0.2) is 0 Å². The molecule has 98 valence electrons. The Balaban J connectivity index is 2.07. The number of rotatable bonds is 2. The Bertz CT molecular complexity index is 430. The number of carbonyl (C=O) groups is 1. The third-order valence-electron chi connectivity index (χ3n) is 3.21. The first-order valence-electron chi connectivity index (χ1n) is 6.06. The topological polar surface area (TPSA) is 41.1 Å². The highest BCUT2D eigenvalue weighted by atomic mass is 35.5. The van der Waals surface area contributed by atoms with Gasteiger partial charge in [0.15, 0.2) is 0 Å². The van der Waals surface area contributed by atoms with Crippen molar-refractivity contribution < 1.29 is 4.79 Å². The molecule has 1 saturated heterocycles. The Labute approximate surface area is 117 Å². The van der Waals surface area contributed by atoms with E-state index in [1.165, 1.54) is 0 Å². The van der Waals surface area contributed by atoms with E-state index >= 15 is 0 Å². The van der Waals surface area contributed by atoms with Gasteiger partial charge in [-0.2, -0.15) is 0 Å². The Morgan fingerprint density at radius 1 is 1.39 bits per heavy atom. The number of anilines is 1. The first-order chi connectivity index (χ1) is 8.58. The van der Waals surface area contributed by atoms with Crippen LogP contribution in [-0.2, 0) is 4.79 Å². The standard InChI is InChI=1S/C13H16Cl2N2O/c1-8-7-9(5-6-16-8)13(18)17-12-10(14)3-2-4-11(12)15/h2-4,8-9,16H,5-7H2,1H3,(H,17,18). The van der Waals surface area contributed by atoms with Gasteiger partial charge < -0.3 is 10.6 Å². The van der Waals surface area contributed by atoms with Crippen LogP contribution in [0.1, 0.15) is 19.8 Å². The summed E-state index contributed by atoms with van der Waals surface area (Å²) in [5.41, 5.74) is 0.511. The quantitative estimate of drug-likeness (QED) is 0.876. The van der Waals surface area contributed by atoms with Crippen molar-refractivity contribution in [2.75, 3.05) is 11.9 Å². The molecule has 1 aliphatic heterocycles.